The Kier molecular flexibility index (Phi) is 5.75. The Morgan fingerprint density at radius 3 is 2.57 bits per heavy atom. The molecule has 80 valence electrons. The van der Waals surface area contributed by atoms with Crippen molar-refractivity contribution in [2.75, 3.05) is 6.54 Å². The summed E-state index contributed by atoms with van der Waals surface area (Å²) in [5, 5.41) is 3.51. The SMILES string of the molecule is CCC(CC)CNCc1ccc(Br)s1. The van der Waals surface area contributed by atoms with E-state index in [4.69, 9.17) is 0 Å². The lowest BCUT2D eigenvalue weighted by atomic mass is 10.0. The molecule has 1 rings (SSSR count). The van der Waals surface area contributed by atoms with Gasteiger partial charge in [-0.25, -0.2) is 0 Å². The minimum absolute atomic E-state index is 0.832. The normalized spacial score (nSPS) is 11.1. The molecule has 0 aliphatic carbocycles. The van der Waals surface area contributed by atoms with E-state index in [9.17, 15) is 0 Å². The van der Waals surface area contributed by atoms with Gasteiger partial charge in [-0.2, -0.15) is 0 Å². The van der Waals surface area contributed by atoms with E-state index >= 15 is 0 Å². The molecule has 0 bridgehead atoms. The summed E-state index contributed by atoms with van der Waals surface area (Å²) in [7, 11) is 0. The zero-order valence-electron chi connectivity index (χ0n) is 8.85. The van der Waals surface area contributed by atoms with E-state index in [1.54, 1.807) is 0 Å². The first-order valence-electron chi connectivity index (χ1n) is 5.21. The summed E-state index contributed by atoms with van der Waals surface area (Å²) in [4.78, 5) is 1.41. The monoisotopic (exact) mass is 275 g/mol. The van der Waals surface area contributed by atoms with Crippen LogP contribution in [-0.2, 0) is 6.54 Å². The van der Waals surface area contributed by atoms with E-state index in [-0.39, 0.29) is 0 Å². The number of rotatable bonds is 6. The second-order valence-electron chi connectivity index (χ2n) is 3.52. The van der Waals surface area contributed by atoms with E-state index in [2.05, 4.69) is 47.2 Å². The molecule has 0 unspecified atom stereocenters. The van der Waals surface area contributed by atoms with Crippen LogP contribution in [0, 0.1) is 5.92 Å². The first-order chi connectivity index (χ1) is 6.76. The zero-order valence-corrected chi connectivity index (χ0v) is 11.2. The maximum atomic E-state index is 3.51. The minimum Gasteiger partial charge on any atom is -0.312 e. The van der Waals surface area contributed by atoms with E-state index in [0.29, 0.717) is 0 Å². The largest absolute Gasteiger partial charge is 0.312 e. The van der Waals surface area contributed by atoms with Crippen LogP contribution in [0.25, 0.3) is 0 Å². The van der Waals surface area contributed by atoms with Crippen LogP contribution >= 0.6 is 27.3 Å². The molecule has 1 N–H and O–H groups in total. The second kappa shape index (κ2) is 6.59. The van der Waals surface area contributed by atoms with Crippen LogP contribution in [0.1, 0.15) is 31.6 Å². The molecule has 14 heavy (non-hydrogen) atoms. The Balaban J connectivity index is 2.21. The highest BCUT2D eigenvalue weighted by Crippen LogP contribution is 2.21. The Labute approximate surface area is 99.0 Å². The predicted octanol–water partition coefficient (Wildman–Crippen LogP) is 4.04. The van der Waals surface area contributed by atoms with Crippen LogP contribution in [0.5, 0.6) is 0 Å². The van der Waals surface area contributed by atoms with Gasteiger partial charge in [0.2, 0.25) is 0 Å². The number of nitrogens with one attached hydrogen (secondary N) is 1. The quantitative estimate of drug-likeness (QED) is 0.827. The topological polar surface area (TPSA) is 12.0 Å². The Morgan fingerprint density at radius 1 is 1.36 bits per heavy atom. The van der Waals surface area contributed by atoms with Gasteiger partial charge in [0.15, 0.2) is 0 Å². The van der Waals surface area contributed by atoms with Crippen molar-refractivity contribution >= 4 is 27.3 Å². The lowest BCUT2D eigenvalue weighted by molar-refractivity contribution is 0.450. The van der Waals surface area contributed by atoms with Gasteiger partial charge in [-0.15, -0.1) is 11.3 Å². The van der Waals surface area contributed by atoms with Crippen LogP contribution in [0.2, 0.25) is 0 Å². The molecule has 0 amide bonds. The van der Waals surface area contributed by atoms with E-state index < -0.39 is 0 Å². The zero-order chi connectivity index (χ0) is 10.4. The van der Waals surface area contributed by atoms with Crippen molar-refractivity contribution in [1.29, 1.82) is 0 Å². The van der Waals surface area contributed by atoms with Crippen LogP contribution < -0.4 is 5.32 Å². The van der Waals surface area contributed by atoms with E-state index in [1.807, 2.05) is 11.3 Å². The fourth-order valence-corrected chi connectivity index (χ4v) is 2.88. The summed E-state index contributed by atoms with van der Waals surface area (Å²) in [6.45, 7) is 6.67. The first-order valence-corrected chi connectivity index (χ1v) is 6.82. The summed E-state index contributed by atoms with van der Waals surface area (Å²) in [6.07, 6.45) is 2.55. The average molecular weight is 276 g/mol. The molecular formula is C11H18BrNS. The molecule has 0 aromatic carbocycles. The third-order valence-electron chi connectivity index (χ3n) is 2.52. The van der Waals surface area contributed by atoms with Gasteiger partial charge in [-0.05, 0) is 40.5 Å². The van der Waals surface area contributed by atoms with Crippen molar-refractivity contribution in [2.24, 2.45) is 5.92 Å². The molecule has 1 aromatic heterocycles. The number of hydrogen-bond acceptors (Lipinski definition) is 2. The molecule has 3 heteroatoms. The highest BCUT2D eigenvalue weighted by Gasteiger charge is 2.03. The van der Waals surface area contributed by atoms with Gasteiger partial charge in [0, 0.05) is 11.4 Å². The smallest absolute Gasteiger partial charge is 0.0701 e. The van der Waals surface area contributed by atoms with Crippen molar-refractivity contribution in [1.82, 2.24) is 5.32 Å². The van der Waals surface area contributed by atoms with Crippen LogP contribution in [0.4, 0.5) is 0 Å². The molecule has 0 saturated heterocycles. The first kappa shape index (κ1) is 12.2. The minimum atomic E-state index is 0.832. The number of hydrogen-bond donors (Lipinski definition) is 1. The Bertz CT molecular complexity index is 256. The molecule has 1 heterocycles. The van der Waals surface area contributed by atoms with Crippen molar-refractivity contribution in [2.45, 2.75) is 33.2 Å². The average Bonchev–Trinajstić information content (AvgIpc) is 2.59. The van der Waals surface area contributed by atoms with E-state index in [0.717, 1.165) is 19.0 Å². The summed E-state index contributed by atoms with van der Waals surface area (Å²) in [5.41, 5.74) is 0. The number of halogens is 1. The maximum absolute atomic E-state index is 3.51. The second-order valence-corrected chi connectivity index (χ2v) is 6.07. The molecule has 0 aliphatic rings. The molecule has 0 atom stereocenters. The molecular weight excluding hydrogens is 258 g/mol. The Hall–Kier alpha value is 0.140. The maximum Gasteiger partial charge on any atom is 0.0701 e. The highest BCUT2D eigenvalue weighted by atomic mass is 79.9. The van der Waals surface area contributed by atoms with Crippen LogP contribution in [0.15, 0.2) is 15.9 Å². The summed E-state index contributed by atoms with van der Waals surface area (Å²) >= 11 is 5.28. The van der Waals surface area contributed by atoms with Crippen molar-refractivity contribution in [3.63, 3.8) is 0 Å². The van der Waals surface area contributed by atoms with Crippen LogP contribution in [0.3, 0.4) is 0 Å². The predicted molar refractivity (Wildman–Crippen MR) is 67.8 cm³/mol. The Morgan fingerprint density at radius 2 is 2.07 bits per heavy atom. The van der Waals surface area contributed by atoms with Gasteiger partial charge in [-0.3, -0.25) is 0 Å². The van der Waals surface area contributed by atoms with Crippen molar-refractivity contribution in [3.8, 4) is 0 Å². The summed E-state index contributed by atoms with van der Waals surface area (Å²) in [6, 6.07) is 4.29. The van der Waals surface area contributed by atoms with Gasteiger partial charge in [-0.1, -0.05) is 26.7 Å². The van der Waals surface area contributed by atoms with Gasteiger partial charge in [0.05, 0.1) is 3.79 Å². The summed E-state index contributed by atoms with van der Waals surface area (Å²) < 4.78 is 1.22. The van der Waals surface area contributed by atoms with E-state index in [1.165, 1.54) is 21.5 Å². The fraction of sp³-hybridized carbons (Fsp3) is 0.636. The molecule has 0 saturated carbocycles. The fourth-order valence-electron chi connectivity index (χ4n) is 1.42. The molecule has 0 fully saturated rings. The van der Waals surface area contributed by atoms with Crippen molar-refractivity contribution in [3.05, 3.63) is 20.8 Å². The molecule has 0 aliphatic heterocycles. The van der Waals surface area contributed by atoms with Gasteiger partial charge in [0.25, 0.3) is 0 Å². The number of thiophene rings is 1. The lowest BCUT2D eigenvalue weighted by Gasteiger charge is -2.12. The highest BCUT2D eigenvalue weighted by molar-refractivity contribution is 9.11. The standard InChI is InChI=1S/C11H18BrNS/c1-3-9(4-2)7-13-8-10-5-6-11(12)14-10/h5-6,9,13H,3-4,7-8H2,1-2H3. The van der Waals surface area contributed by atoms with Gasteiger partial charge >= 0.3 is 0 Å². The molecule has 0 radical (unpaired) electrons. The van der Waals surface area contributed by atoms with Gasteiger partial charge in [0.1, 0.15) is 0 Å². The van der Waals surface area contributed by atoms with Gasteiger partial charge < -0.3 is 5.32 Å². The molecule has 0 spiro atoms. The lowest BCUT2D eigenvalue weighted by Crippen LogP contribution is -2.21. The summed E-state index contributed by atoms with van der Waals surface area (Å²) in [5.74, 6) is 0.832. The third-order valence-corrected chi connectivity index (χ3v) is 4.14. The molecule has 1 aromatic rings. The van der Waals surface area contributed by atoms with Crippen molar-refractivity contribution < 1.29 is 0 Å². The molecule has 1 nitrogen and oxygen atoms in total. The third kappa shape index (κ3) is 4.11. The van der Waals surface area contributed by atoms with Crippen LogP contribution in [-0.4, -0.2) is 6.54 Å².